The molecule has 2 rings (SSSR count). The van der Waals surface area contributed by atoms with Gasteiger partial charge < -0.3 is 15.7 Å². The van der Waals surface area contributed by atoms with Crippen molar-refractivity contribution in [1.29, 1.82) is 0 Å². The Morgan fingerprint density at radius 3 is 2.52 bits per heavy atom. The number of sulfonamides is 1. The summed E-state index contributed by atoms with van der Waals surface area (Å²) >= 11 is 1.50. The van der Waals surface area contributed by atoms with Gasteiger partial charge in [-0.25, -0.2) is 18.5 Å². The smallest absolute Gasteiger partial charge is 0.238 e. The second kappa shape index (κ2) is 9.32. The standard InChI is InChI=1S/C18H26N4O3S2/c1-3-20-17(22-13-18(2,23)16-5-4-12-26-16)21-11-10-14-6-8-15(9-7-14)27(19,24)25/h4-9,12,23H,3,10-11,13H2,1-2H3,(H2,19,24,25)(H2,20,21,22). The average Bonchev–Trinajstić information content (AvgIpc) is 3.15. The van der Waals surface area contributed by atoms with Gasteiger partial charge in [-0.1, -0.05) is 18.2 Å². The number of hydrogen-bond acceptors (Lipinski definition) is 5. The van der Waals surface area contributed by atoms with Crippen LogP contribution in [0.5, 0.6) is 0 Å². The van der Waals surface area contributed by atoms with Gasteiger partial charge >= 0.3 is 0 Å². The van der Waals surface area contributed by atoms with Gasteiger partial charge in [0.1, 0.15) is 5.60 Å². The normalized spacial score (nSPS) is 14.6. The Bertz CT molecular complexity index is 845. The van der Waals surface area contributed by atoms with Gasteiger partial charge in [-0.3, -0.25) is 0 Å². The fourth-order valence-corrected chi connectivity index (χ4v) is 3.70. The third-order valence-electron chi connectivity index (χ3n) is 3.90. The fraction of sp³-hybridized carbons (Fsp3) is 0.389. The first kappa shape index (κ1) is 21.4. The molecule has 1 atom stereocenters. The third kappa shape index (κ3) is 6.62. The van der Waals surface area contributed by atoms with Crippen LogP contribution in [0.3, 0.4) is 0 Å². The predicted octanol–water partition coefficient (Wildman–Crippen LogP) is 1.40. The van der Waals surface area contributed by atoms with Crippen molar-refractivity contribution in [2.45, 2.75) is 30.8 Å². The van der Waals surface area contributed by atoms with Gasteiger partial charge in [-0.15, -0.1) is 11.3 Å². The minimum absolute atomic E-state index is 0.102. The SMILES string of the molecule is CCNC(=NCC(C)(O)c1cccs1)NCCc1ccc(S(N)(=O)=O)cc1. The highest BCUT2D eigenvalue weighted by atomic mass is 32.2. The second-order valence-electron chi connectivity index (χ2n) is 6.31. The van der Waals surface area contributed by atoms with Crippen molar-refractivity contribution in [2.75, 3.05) is 19.6 Å². The Labute approximate surface area is 164 Å². The number of nitrogens with one attached hydrogen (secondary N) is 2. The fourth-order valence-electron chi connectivity index (χ4n) is 2.41. The monoisotopic (exact) mass is 410 g/mol. The minimum atomic E-state index is -3.67. The van der Waals surface area contributed by atoms with Crippen LogP contribution in [0.2, 0.25) is 0 Å². The highest BCUT2D eigenvalue weighted by Gasteiger charge is 2.23. The van der Waals surface area contributed by atoms with Gasteiger partial charge in [-0.2, -0.15) is 0 Å². The van der Waals surface area contributed by atoms with Crippen LogP contribution in [-0.4, -0.2) is 39.1 Å². The van der Waals surface area contributed by atoms with Crippen LogP contribution >= 0.6 is 11.3 Å². The molecule has 0 aliphatic heterocycles. The molecule has 0 aliphatic carbocycles. The van der Waals surface area contributed by atoms with Crippen molar-refractivity contribution in [3.8, 4) is 0 Å². The molecule has 0 fully saturated rings. The lowest BCUT2D eigenvalue weighted by atomic mass is 10.1. The van der Waals surface area contributed by atoms with Gasteiger partial charge in [0.25, 0.3) is 0 Å². The summed E-state index contributed by atoms with van der Waals surface area (Å²) < 4.78 is 22.6. The van der Waals surface area contributed by atoms with Crippen molar-refractivity contribution < 1.29 is 13.5 Å². The summed E-state index contributed by atoms with van der Waals surface area (Å²) in [5, 5.41) is 24.0. The lowest BCUT2D eigenvalue weighted by Crippen LogP contribution is -2.39. The van der Waals surface area contributed by atoms with Crippen LogP contribution in [0.4, 0.5) is 0 Å². The van der Waals surface area contributed by atoms with E-state index >= 15 is 0 Å². The quantitative estimate of drug-likeness (QED) is 0.388. The highest BCUT2D eigenvalue weighted by molar-refractivity contribution is 7.89. The van der Waals surface area contributed by atoms with Crippen molar-refractivity contribution in [3.63, 3.8) is 0 Å². The molecule has 0 aliphatic rings. The van der Waals surface area contributed by atoms with E-state index in [0.717, 1.165) is 10.4 Å². The molecule has 0 spiro atoms. The van der Waals surface area contributed by atoms with Crippen molar-refractivity contribution >= 4 is 27.3 Å². The summed E-state index contributed by atoms with van der Waals surface area (Å²) in [5.74, 6) is 0.621. The van der Waals surface area contributed by atoms with Crippen LogP contribution in [0, 0.1) is 0 Å². The van der Waals surface area contributed by atoms with Gasteiger partial charge in [0.2, 0.25) is 10.0 Å². The van der Waals surface area contributed by atoms with Gasteiger partial charge in [0, 0.05) is 18.0 Å². The summed E-state index contributed by atoms with van der Waals surface area (Å²) in [5.41, 5.74) is -0.0311. The molecule has 1 aromatic carbocycles. The highest BCUT2D eigenvalue weighted by Crippen LogP contribution is 2.25. The molecule has 2 aromatic rings. The number of nitrogens with zero attached hydrogens (tertiary/aromatic N) is 1. The van der Waals surface area contributed by atoms with E-state index in [0.29, 0.717) is 25.5 Å². The minimum Gasteiger partial charge on any atom is -0.383 e. The van der Waals surface area contributed by atoms with E-state index in [1.54, 1.807) is 19.1 Å². The number of nitrogens with two attached hydrogens (primary N) is 1. The summed E-state index contributed by atoms with van der Waals surface area (Å²) in [6.07, 6.45) is 0.691. The van der Waals surface area contributed by atoms with Crippen molar-refractivity contribution in [3.05, 3.63) is 52.2 Å². The van der Waals surface area contributed by atoms with Crippen molar-refractivity contribution in [2.24, 2.45) is 10.1 Å². The number of rotatable bonds is 8. The summed E-state index contributed by atoms with van der Waals surface area (Å²) in [6, 6.07) is 10.3. The number of benzene rings is 1. The molecule has 0 amide bonds. The zero-order valence-electron chi connectivity index (χ0n) is 15.5. The number of aliphatic imine (C=N–C) groups is 1. The first-order chi connectivity index (χ1) is 12.7. The maximum atomic E-state index is 11.3. The molecule has 5 N–H and O–H groups in total. The Morgan fingerprint density at radius 2 is 1.96 bits per heavy atom. The Balaban J connectivity index is 1.92. The Hall–Kier alpha value is -1.94. The molecule has 1 aromatic heterocycles. The van der Waals surface area contributed by atoms with E-state index in [4.69, 9.17) is 5.14 Å². The molecule has 1 unspecified atom stereocenters. The molecule has 0 bridgehead atoms. The molecule has 0 saturated heterocycles. The average molecular weight is 411 g/mol. The molecule has 9 heteroatoms. The molecule has 0 saturated carbocycles. The zero-order chi connectivity index (χ0) is 19.9. The number of aliphatic hydroxyl groups is 1. The Kier molecular flexibility index (Phi) is 7.37. The van der Waals surface area contributed by atoms with Crippen LogP contribution in [0.1, 0.15) is 24.3 Å². The van der Waals surface area contributed by atoms with Gasteiger partial charge in [-0.05, 0) is 49.4 Å². The first-order valence-corrected chi connectivity index (χ1v) is 11.1. The van der Waals surface area contributed by atoms with Crippen molar-refractivity contribution in [1.82, 2.24) is 10.6 Å². The first-order valence-electron chi connectivity index (χ1n) is 8.62. The predicted molar refractivity (Wildman–Crippen MR) is 109 cm³/mol. The van der Waals surface area contributed by atoms with Crippen LogP contribution in [0.25, 0.3) is 0 Å². The second-order valence-corrected chi connectivity index (χ2v) is 8.82. The number of hydrogen-bond donors (Lipinski definition) is 4. The lowest BCUT2D eigenvalue weighted by molar-refractivity contribution is 0.0711. The number of thiophene rings is 1. The van der Waals surface area contributed by atoms with Crippen LogP contribution < -0.4 is 15.8 Å². The molecule has 0 radical (unpaired) electrons. The number of primary sulfonamides is 1. The molecule has 148 valence electrons. The van der Waals surface area contributed by atoms with Gasteiger partial charge in [0.15, 0.2) is 5.96 Å². The molecule has 7 nitrogen and oxygen atoms in total. The summed E-state index contributed by atoms with van der Waals surface area (Å²) in [6.45, 7) is 5.28. The molecule has 27 heavy (non-hydrogen) atoms. The van der Waals surface area contributed by atoms with E-state index in [-0.39, 0.29) is 11.4 Å². The largest absolute Gasteiger partial charge is 0.383 e. The molecular weight excluding hydrogens is 384 g/mol. The zero-order valence-corrected chi connectivity index (χ0v) is 17.1. The van der Waals surface area contributed by atoms with Gasteiger partial charge in [0.05, 0.1) is 11.4 Å². The lowest BCUT2D eigenvalue weighted by Gasteiger charge is -2.20. The maximum absolute atomic E-state index is 11.3. The Morgan fingerprint density at radius 1 is 1.26 bits per heavy atom. The third-order valence-corrected chi connectivity index (χ3v) is 5.95. The number of guanidine groups is 1. The van der Waals surface area contributed by atoms with Crippen LogP contribution in [-0.2, 0) is 22.0 Å². The van der Waals surface area contributed by atoms with Crippen LogP contribution in [0.15, 0.2) is 51.7 Å². The van der Waals surface area contributed by atoms with E-state index in [1.807, 2.05) is 24.4 Å². The molecule has 1 heterocycles. The van der Waals surface area contributed by atoms with E-state index < -0.39 is 15.6 Å². The summed E-state index contributed by atoms with van der Waals surface area (Å²) in [7, 11) is -3.67. The molecular formula is C18H26N4O3S2. The maximum Gasteiger partial charge on any atom is 0.238 e. The van der Waals surface area contributed by atoms with E-state index in [1.165, 1.54) is 23.5 Å². The summed E-state index contributed by atoms with van der Waals surface area (Å²) in [4.78, 5) is 5.45. The van der Waals surface area contributed by atoms with E-state index in [9.17, 15) is 13.5 Å². The van der Waals surface area contributed by atoms with E-state index in [2.05, 4.69) is 15.6 Å². The topological polar surface area (TPSA) is 117 Å².